The number of hydrogen-bond acceptors (Lipinski definition) is 5. The monoisotopic (exact) mass is 357 g/mol. The quantitative estimate of drug-likeness (QED) is 0.909. The fraction of sp³-hybridized carbons (Fsp3) is 0.579. The molecular formula is C19H27N5O2. The summed E-state index contributed by atoms with van der Waals surface area (Å²) in [5.74, 6) is -0.0323. The predicted molar refractivity (Wildman–Crippen MR) is 98.3 cm³/mol. The molecule has 1 N–H and O–H groups in total. The minimum atomic E-state index is -0.0323. The molecule has 7 nitrogen and oxygen atoms in total. The van der Waals surface area contributed by atoms with E-state index in [1.807, 2.05) is 40.8 Å². The largest absolute Gasteiger partial charge is 0.460 e. The van der Waals surface area contributed by atoms with Crippen LogP contribution in [0.5, 0.6) is 6.01 Å². The number of amides is 1. The average molecular weight is 357 g/mol. The van der Waals surface area contributed by atoms with Gasteiger partial charge in [-0.25, -0.2) is 9.97 Å². The van der Waals surface area contributed by atoms with Gasteiger partial charge in [0.25, 0.3) is 5.91 Å². The number of rotatable bonds is 4. The summed E-state index contributed by atoms with van der Waals surface area (Å²) < 4.78 is 7.70. The zero-order chi connectivity index (χ0) is 18.8. The van der Waals surface area contributed by atoms with Gasteiger partial charge in [-0.1, -0.05) is 0 Å². The first-order valence-corrected chi connectivity index (χ1v) is 9.13. The molecule has 0 radical (unpaired) electrons. The standard InChI is InChI=1S/C19H27N5O2/c1-11-10-12(2)21-19(20-11)26-16-8-6-15(7-9-16)22-18(25)17-13(3)23-24(5)14(17)4/h10,15-16H,6-9H2,1-5H3,(H,22,25). The Morgan fingerprint density at radius 1 is 1.12 bits per heavy atom. The van der Waals surface area contributed by atoms with Crippen LogP contribution in [-0.4, -0.2) is 37.8 Å². The van der Waals surface area contributed by atoms with Crippen molar-refractivity contribution in [2.75, 3.05) is 0 Å². The van der Waals surface area contributed by atoms with Crippen LogP contribution in [0.25, 0.3) is 0 Å². The lowest BCUT2D eigenvalue weighted by molar-refractivity contribution is 0.0883. The van der Waals surface area contributed by atoms with Crippen LogP contribution in [0, 0.1) is 27.7 Å². The number of hydrogen-bond donors (Lipinski definition) is 1. The molecule has 0 spiro atoms. The normalized spacial score (nSPS) is 20.0. The van der Waals surface area contributed by atoms with E-state index in [9.17, 15) is 4.79 Å². The van der Waals surface area contributed by atoms with E-state index in [0.717, 1.165) is 48.5 Å². The molecule has 26 heavy (non-hydrogen) atoms. The van der Waals surface area contributed by atoms with Gasteiger partial charge in [-0.05, 0) is 59.4 Å². The Morgan fingerprint density at radius 2 is 1.73 bits per heavy atom. The highest BCUT2D eigenvalue weighted by Gasteiger charge is 2.26. The Morgan fingerprint density at radius 3 is 2.27 bits per heavy atom. The molecule has 0 aromatic carbocycles. The van der Waals surface area contributed by atoms with E-state index in [4.69, 9.17) is 4.74 Å². The summed E-state index contributed by atoms with van der Waals surface area (Å²) in [5.41, 5.74) is 4.18. The van der Waals surface area contributed by atoms with E-state index < -0.39 is 0 Å². The molecule has 2 heterocycles. The van der Waals surface area contributed by atoms with Crippen LogP contribution in [-0.2, 0) is 7.05 Å². The molecule has 3 rings (SSSR count). The second kappa shape index (κ2) is 7.43. The third kappa shape index (κ3) is 4.03. The van der Waals surface area contributed by atoms with Crippen molar-refractivity contribution in [2.45, 2.75) is 65.5 Å². The van der Waals surface area contributed by atoms with Gasteiger partial charge in [-0.2, -0.15) is 5.10 Å². The van der Waals surface area contributed by atoms with Crippen molar-refractivity contribution >= 4 is 5.91 Å². The third-order valence-electron chi connectivity index (χ3n) is 4.98. The SMILES string of the molecule is Cc1cc(C)nc(OC2CCC(NC(=O)c3c(C)nn(C)c3C)CC2)n1. The number of aromatic nitrogens is 4. The minimum absolute atomic E-state index is 0.0323. The molecule has 0 bridgehead atoms. The van der Waals surface area contributed by atoms with Crippen molar-refractivity contribution in [1.82, 2.24) is 25.1 Å². The summed E-state index contributed by atoms with van der Waals surface area (Å²) >= 11 is 0. The summed E-state index contributed by atoms with van der Waals surface area (Å²) in [7, 11) is 1.86. The summed E-state index contributed by atoms with van der Waals surface area (Å²) in [6.45, 7) is 7.67. The van der Waals surface area contributed by atoms with Crippen LogP contribution in [0.1, 0.15) is 58.8 Å². The Hall–Kier alpha value is -2.44. The summed E-state index contributed by atoms with van der Waals surface area (Å²) in [6.07, 6.45) is 3.64. The van der Waals surface area contributed by atoms with Crippen molar-refractivity contribution < 1.29 is 9.53 Å². The van der Waals surface area contributed by atoms with E-state index in [1.165, 1.54) is 0 Å². The van der Waals surface area contributed by atoms with Crippen molar-refractivity contribution in [2.24, 2.45) is 7.05 Å². The Balaban J connectivity index is 1.54. The van der Waals surface area contributed by atoms with Gasteiger partial charge in [0.2, 0.25) is 0 Å². The molecule has 140 valence electrons. The molecule has 7 heteroatoms. The highest BCUT2D eigenvalue weighted by Crippen LogP contribution is 2.23. The lowest BCUT2D eigenvalue weighted by Gasteiger charge is -2.29. The summed E-state index contributed by atoms with van der Waals surface area (Å²) in [4.78, 5) is 21.3. The zero-order valence-corrected chi connectivity index (χ0v) is 16.2. The fourth-order valence-corrected chi connectivity index (χ4v) is 3.58. The average Bonchev–Trinajstić information content (AvgIpc) is 2.81. The van der Waals surface area contributed by atoms with Crippen molar-refractivity contribution in [3.63, 3.8) is 0 Å². The lowest BCUT2D eigenvalue weighted by Crippen LogP contribution is -2.40. The summed E-state index contributed by atoms with van der Waals surface area (Å²) in [6, 6.07) is 2.56. The van der Waals surface area contributed by atoms with Crippen LogP contribution < -0.4 is 10.1 Å². The summed E-state index contributed by atoms with van der Waals surface area (Å²) in [5, 5.41) is 7.47. The van der Waals surface area contributed by atoms with E-state index in [1.54, 1.807) is 4.68 Å². The van der Waals surface area contributed by atoms with Crippen molar-refractivity contribution in [1.29, 1.82) is 0 Å². The van der Waals surface area contributed by atoms with Gasteiger partial charge in [0.15, 0.2) is 0 Å². The predicted octanol–water partition coefficient (Wildman–Crippen LogP) is 2.56. The van der Waals surface area contributed by atoms with E-state index >= 15 is 0 Å². The number of carbonyl (C=O) groups excluding carboxylic acids is 1. The smallest absolute Gasteiger partial charge is 0.317 e. The number of nitrogens with zero attached hydrogens (tertiary/aromatic N) is 4. The molecule has 0 atom stereocenters. The van der Waals surface area contributed by atoms with Crippen molar-refractivity contribution in [3.05, 3.63) is 34.4 Å². The highest BCUT2D eigenvalue weighted by atomic mass is 16.5. The van der Waals surface area contributed by atoms with Gasteiger partial charge in [0, 0.05) is 30.2 Å². The molecule has 1 aliphatic carbocycles. The zero-order valence-electron chi connectivity index (χ0n) is 16.2. The number of ether oxygens (including phenoxy) is 1. The molecule has 2 aromatic heterocycles. The topological polar surface area (TPSA) is 81.9 Å². The van der Waals surface area contributed by atoms with Gasteiger partial charge >= 0.3 is 6.01 Å². The molecule has 0 saturated heterocycles. The second-order valence-corrected chi connectivity index (χ2v) is 7.17. The Bertz CT molecular complexity index is 786. The Kier molecular flexibility index (Phi) is 5.25. The minimum Gasteiger partial charge on any atom is -0.460 e. The van der Waals surface area contributed by atoms with Gasteiger partial charge < -0.3 is 10.1 Å². The molecule has 1 fully saturated rings. The van der Waals surface area contributed by atoms with Crippen LogP contribution in [0.15, 0.2) is 6.07 Å². The molecular weight excluding hydrogens is 330 g/mol. The first-order chi connectivity index (χ1) is 12.3. The van der Waals surface area contributed by atoms with Gasteiger partial charge in [-0.15, -0.1) is 0 Å². The number of aryl methyl sites for hydroxylation is 4. The Labute approximate surface area is 154 Å². The van der Waals surface area contributed by atoms with Crippen LogP contribution >= 0.6 is 0 Å². The van der Waals surface area contributed by atoms with Gasteiger partial charge in [-0.3, -0.25) is 9.48 Å². The van der Waals surface area contributed by atoms with Gasteiger partial charge in [0.05, 0.1) is 11.3 Å². The molecule has 0 unspecified atom stereocenters. The lowest BCUT2D eigenvalue weighted by atomic mass is 9.92. The molecule has 1 amide bonds. The number of carbonyl (C=O) groups is 1. The van der Waals surface area contributed by atoms with Crippen LogP contribution in [0.3, 0.4) is 0 Å². The molecule has 1 saturated carbocycles. The van der Waals surface area contributed by atoms with E-state index in [-0.39, 0.29) is 18.1 Å². The maximum absolute atomic E-state index is 12.6. The fourth-order valence-electron chi connectivity index (χ4n) is 3.58. The molecule has 0 aliphatic heterocycles. The van der Waals surface area contributed by atoms with E-state index in [2.05, 4.69) is 20.4 Å². The van der Waals surface area contributed by atoms with Crippen LogP contribution in [0.4, 0.5) is 0 Å². The second-order valence-electron chi connectivity index (χ2n) is 7.17. The van der Waals surface area contributed by atoms with Crippen molar-refractivity contribution in [3.8, 4) is 6.01 Å². The molecule has 1 aliphatic rings. The first-order valence-electron chi connectivity index (χ1n) is 9.13. The molecule has 2 aromatic rings. The maximum Gasteiger partial charge on any atom is 0.317 e. The highest BCUT2D eigenvalue weighted by molar-refractivity contribution is 5.96. The third-order valence-corrected chi connectivity index (χ3v) is 4.98. The first kappa shape index (κ1) is 18.4. The number of nitrogens with one attached hydrogen (secondary N) is 1. The maximum atomic E-state index is 12.6. The van der Waals surface area contributed by atoms with Crippen LogP contribution in [0.2, 0.25) is 0 Å². The van der Waals surface area contributed by atoms with E-state index in [0.29, 0.717) is 11.6 Å². The van der Waals surface area contributed by atoms with Gasteiger partial charge in [0.1, 0.15) is 6.10 Å².